The molecule has 1 N–H and O–H groups in total. The first-order valence-electron chi connectivity index (χ1n) is 5.55. The number of nitro groups is 1. The van der Waals surface area contributed by atoms with E-state index in [2.05, 4.69) is 18.5 Å². The van der Waals surface area contributed by atoms with Gasteiger partial charge < -0.3 is 5.32 Å². The summed E-state index contributed by atoms with van der Waals surface area (Å²) in [6.45, 7) is 3.88. The number of nitrogens with one attached hydrogen (secondary N) is 1. The molecule has 1 aromatic carbocycles. The van der Waals surface area contributed by atoms with E-state index in [0.717, 1.165) is 17.9 Å². The van der Waals surface area contributed by atoms with E-state index in [0.29, 0.717) is 11.6 Å². The molecule has 1 atom stereocenters. The van der Waals surface area contributed by atoms with E-state index >= 15 is 0 Å². The molecule has 1 rings (SSSR count). The summed E-state index contributed by atoms with van der Waals surface area (Å²) in [6.07, 6.45) is 3.17. The van der Waals surface area contributed by atoms with E-state index in [9.17, 15) is 10.1 Å². The largest absolute Gasteiger partial charge is 0.383 e. The summed E-state index contributed by atoms with van der Waals surface area (Å²) in [5.41, 5.74) is 1.81. The molecule has 0 amide bonds. The second-order valence-electron chi connectivity index (χ2n) is 4.09. The lowest BCUT2D eigenvalue weighted by Crippen LogP contribution is -2.15. The molecule has 0 heterocycles. The molecule has 0 aromatic heterocycles. The van der Waals surface area contributed by atoms with Gasteiger partial charge in [-0.05, 0) is 44.4 Å². The second kappa shape index (κ2) is 6.49. The van der Waals surface area contributed by atoms with Gasteiger partial charge in [0.1, 0.15) is 0 Å². The fourth-order valence-corrected chi connectivity index (χ4v) is 2.19. The first-order valence-corrected chi connectivity index (χ1v) is 6.94. The smallest absolute Gasteiger partial charge is 0.272 e. The van der Waals surface area contributed by atoms with E-state index in [1.54, 1.807) is 19.1 Å². The number of hydrogen-bond acceptors (Lipinski definition) is 4. The Morgan fingerprint density at radius 2 is 2.24 bits per heavy atom. The molecule has 0 aliphatic heterocycles. The highest BCUT2D eigenvalue weighted by molar-refractivity contribution is 7.98. The van der Waals surface area contributed by atoms with Crippen molar-refractivity contribution in [3.05, 3.63) is 33.9 Å². The van der Waals surface area contributed by atoms with Crippen molar-refractivity contribution in [2.24, 2.45) is 0 Å². The van der Waals surface area contributed by atoms with Crippen LogP contribution in [0.4, 0.5) is 11.4 Å². The van der Waals surface area contributed by atoms with Gasteiger partial charge in [-0.15, -0.1) is 0 Å². The van der Waals surface area contributed by atoms with E-state index in [4.69, 9.17) is 0 Å². The lowest BCUT2D eigenvalue weighted by molar-refractivity contribution is -0.385. The zero-order chi connectivity index (χ0) is 12.8. The summed E-state index contributed by atoms with van der Waals surface area (Å²) in [5, 5.41) is 14.0. The maximum Gasteiger partial charge on any atom is 0.272 e. The van der Waals surface area contributed by atoms with Crippen molar-refractivity contribution in [1.82, 2.24) is 0 Å². The molecule has 0 aliphatic rings. The molecular weight excluding hydrogens is 236 g/mol. The first kappa shape index (κ1) is 13.8. The minimum Gasteiger partial charge on any atom is -0.383 e. The molecule has 4 nitrogen and oxygen atoms in total. The molecule has 1 unspecified atom stereocenters. The van der Waals surface area contributed by atoms with Crippen LogP contribution in [0.25, 0.3) is 0 Å². The molecule has 5 heteroatoms. The van der Waals surface area contributed by atoms with Crippen LogP contribution in [0.2, 0.25) is 0 Å². The summed E-state index contributed by atoms with van der Waals surface area (Å²) in [4.78, 5) is 10.3. The van der Waals surface area contributed by atoms with Gasteiger partial charge in [0.05, 0.1) is 4.92 Å². The van der Waals surface area contributed by atoms with Crippen molar-refractivity contribution in [3.63, 3.8) is 0 Å². The molecule has 0 fully saturated rings. The maximum absolute atomic E-state index is 10.7. The quantitative estimate of drug-likeness (QED) is 0.624. The van der Waals surface area contributed by atoms with Gasteiger partial charge in [-0.2, -0.15) is 11.8 Å². The van der Waals surface area contributed by atoms with Crippen molar-refractivity contribution in [3.8, 4) is 0 Å². The van der Waals surface area contributed by atoms with E-state index < -0.39 is 0 Å². The molecule has 0 radical (unpaired) electrons. The third-order valence-electron chi connectivity index (χ3n) is 2.56. The van der Waals surface area contributed by atoms with Gasteiger partial charge in [-0.1, -0.05) is 0 Å². The SMILES string of the molecule is CSCCC(C)Nc1ccc([N+](=O)[O-])c(C)c1. The van der Waals surface area contributed by atoms with Crippen LogP contribution in [-0.4, -0.2) is 23.0 Å². The normalized spacial score (nSPS) is 12.2. The van der Waals surface area contributed by atoms with Crippen LogP contribution in [0.3, 0.4) is 0 Å². The number of aryl methyl sites for hydroxylation is 1. The Labute approximate surface area is 106 Å². The highest BCUT2D eigenvalue weighted by Crippen LogP contribution is 2.22. The number of anilines is 1. The van der Waals surface area contributed by atoms with Crippen molar-refractivity contribution in [2.45, 2.75) is 26.3 Å². The number of hydrogen-bond donors (Lipinski definition) is 1. The van der Waals surface area contributed by atoms with Gasteiger partial charge in [0.15, 0.2) is 0 Å². The van der Waals surface area contributed by atoms with Gasteiger partial charge in [0, 0.05) is 23.4 Å². The molecule has 0 saturated heterocycles. The average molecular weight is 254 g/mol. The van der Waals surface area contributed by atoms with Crippen LogP contribution < -0.4 is 5.32 Å². The summed E-state index contributed by atoms with van der Waals surface area (Å²) in [7, 11) is 0. The predicted octanol–water partition coefficient (Wildman–Crippen LogP) is 3.46. The number of thioether (sulfide) groups is 1. The molecule has 1 aromatic rings. The summed E-state index contributed by atoms with van der Waals surface area (Å²) in [5.74, 6) is 1.11. The van der Waals surface area contributed by atoms with Crippen molar-refractivity contribution < 1.29 is 4.92 Å². The second-order valence-corrected chi connectivity index (χ2v) is 5.07. The molecule has 94 valence electrons. The zero-order valence-electron chi connectivity index (χ0n) is 10.4. The van der Waals surface area contributed by atoms with Crippen LogP contribution in [0.15, 0.2) is 18.2 Å². The minimum atomic E-state index is -0.351. The van der Waals surface area contributed by atoms with Gasteiger partial charge in [-0.3, -0.25) is 10.1 Å². The predicted molar refractivity (Wildman–Crippen MR) is 73.9 cm³/mol. The number of nitro benzene ring substituents is 1. The van der Waals surface area contributed by atoms with E-state index in [-0.39, 0.29) is 10.6 Å². The third kappa shape index (κ3) is 4.26. The summed E-state index contributed by atoms with van der Waals surface area (Å²) in [6, 6.07) is 5.52. The standard InChI is InChI=1S/C12H18N2O2S/c1-9-8-11(4-5-12(9)14(15)16)13-10(2)6-7-17-3/h4-5,8,10,13H,6-7H2,1-3H3. The van der Waals surface area contributed by atoms with Crippen LogP contribution >= 0.6 is 11.8 Å². The van der Waals surface area contributed by atoms with Gasteiger partial charge in [0.25, 0.3) is 5.69 Å². The Balaban J connectivity index is 2.67. The van der Waals surface area contributed by atoms with E-state index in [1.807, 2.05) is 17.8 Å². The molecule has 17 heavy (non-hydrogen) atoms. The Bertz CT molecular complexity index is 396. The fourth-order valence-electron chi connectivity index (χ4n) is 1.60. The van der Waals surface area contributed by atoms with Crippen LogP contribution in [0.5, 0.6) is 0 Å². The Morgan fingerprint density at radius 3 is 2.76 bits per heavy atom. The Hall–Kier alpha value is -1.23. The summed E-state index contributed by atoms with van der Waals surface area (Å²) < 4.78 is 0. The third-order valence-corrected chi connectivity index (χ3v) is 3.21. The fraction of sp³-hybridized carbons (Fsp3) is 0.500. The Morgan fingerprint density at radius 1 is 1.53 bits per heavy atom. The number of rotatable bonds is 6. The highest BCUT2D eigenvalue weighted by atomic mass is 32.2. The van der Waals surface area contributed by atoms with Crippen LogP contribution in [0, 0.1) is 17.0 Å². The highest BCUT2D eigenvalue weighted by Gasteiger charge is 2.10. The summed E-state index contributed by atoms with van der Waals surface area (Å²) >= 11 is 1.82. The minimum absolute atomic E-state index is 0.173. The molecule has 0 spiro atoms. The molecule has 0 aliphatic carbocycles. The monoisotopic (exact) mass is 254 g/mol. The maximum atomic E-state index is 10.7. The van der Waals surface area contributed by atoms with Crippen LogP contribution in [-0.2, 0) is 0 Å². The average Bonchev–Trinajstić information content (AvgIpc) is 2.26. The first-order chi connectivity index (χ1) is 8.04. The molecule has 0 bridgehead atoms. The van der Waals surface area contributed by atoms with E-state index in [1.165, 1.54) is 0 Å². The van der Waals surface area contributed by atoms with Crippen molar-refractivity contribution in [2.75, 3.05) is 17.3 Å². The van der Waals surface area contributed by atoms with Crippen molar-refractivity contribution in [1.29, 1.82) is 0 Å². The molecular formula is C12H18N2O2S. The number of nitrogens with zero attached hydrogens (tertiary/aromatic N) is 1. The van der Waals surface area contributed by atoms with Gasteiger partial charge >= 0.3 is 0 Å². The van der Waals surface area contributed by atoms with Gasteiger partial charge in [0.2, 0.25) is 0 Å². The van der Waals surface area contributed by atoms with Gasteiger partial charge in [-0.25, -0.2) is 0 Å². The van der Waals surface area contributed by atoms with Crippen molar-refractivity contribution >= 4 is 23.1 Å². The lowest BCUT2D eigenvalue weighted by atomic mass is 10.1. The van der Waals surface area contributed by atoms with Crippen LogP contribution in [0.1, 0.15) is 18.9 Å². The lowest BCUT2D eigenvalue weighted by Gasteiger charge is -2.14. The topological polar surface area (TPSA) is 55.2 Å². The molecule has 0 saturated carbocycles. The Kier molecular flexibility index (Phi) is 5.28. The number of benzene rings is 1. The zero-order valence-corrected chi connectivity index (χ0v) is 11.2.